The van der Waals surface area contributed by atoms with E-state index in [1.54, 1.807) is 12.1 Å². The fraction of sp³-hybridized carbons (Fsp3) is 0.562. The number of hydrogen-bond donors (Lipinski definition) is 2. The Hall–Kier alpha value is -1.46. The molecule has 0 aromatic heterocycles. The number of hydrogen-bond acceptors (Lipinski definition) is 3. The lowest BCUT2D eigenvalue weighted by Gasteiger charge is -2.32. The van der Waals surface area contributed by atoms with E-state index in [9.17, 15) is 9.18 Å². The second-order valence-corrected chi connectivity index (χ2v) is 5.70. The Morgan fingerprint density at radius 2 is 2.14 bits per heavy atom. The molecule has 1 fully saturated rings. The van der Waals surface area contributed by atoms with E-state index in [-0.39, 0.29) is 17.8 Å². The summed E-state index contributed by atoms with van der Waals surface area (Å²) in [4.78, 5) is 14.3. The Balaban J connectivity index is 1.82. The fourth-order valence-electron chi connectivity index (χ4n) is 2.76. The average Bonchev–Trinajstić information content (AvgIpc) is 2.47. The van der Waals surface area contributed by atoms with Crippen molar-refractivity contribution in [3.05, 3.63) is 35.6 Å². The minimum absolute atomic E-state index is 0.0172. The van der Waals surface area contributed by atoms with Gasteiger partial charge in [0.25, 0.3) is 0 Å². The molecule has 1 amide bonds. The summed E-state index contributed by atoms with van der Waals surface area (Å²) in [7, 11) is 1.96. The molecule has 116 valence electrons. The predicted molar refractivity (Wildman–Crippen MR) is 81.5 cm³/mol. The van der Waals surface area contributed by atoms with Gasteiger partial charge in [0.2, 0.25) is 5.91 Å². The van der Waals surface area contributed by atoms with E-state index in [0.29, 0.717) is 12.6 Å². The molecule has 1 aromatic rings. The minimum Gasteiger partial charge on any atom is -0.348 e. The SMILES string of the molecule is CNC1CCCN(CC(=O)NC(C)c2ccc(F)cc2)C1. The standard InChI is InChI=1S/C16H24FN3O/c1-12(13-5-7-14(17)8-6-13)19-16(21)11-20-9-3-4-15(10-20)18-2/h5-8,12,15,18H,3-4,9-11H2,1-2H3,(H,19,21). The van der Waals surface area contributed by atoms with E-state index in [0.717, 1.165) is 25.1 Å². The number of nitrogens with one attached hydrogen (secondary N) is 2. The van der Waals surface area contributed by atoms with Gasteiger partial charge in [-0.2, -0.15) is 0 Å². The van der Waals surface area contributed by atoms with Crippen LogP contribution in [0.2, 0.25) is 0 Å². The maximum atomic E-state index is 12.9. The van der Waals surface area contributed by atoms with Crippen LogP contribution in [0.3, 0.4) is 0 Å². The normalized spacial score (nSPS) is 21.0. The van der Waals surface area contributed by atoms with Gasteiger partial charge < -0.3 is 10.6 Å². The first-order valence-electron chi connectivity index (χ1n) is 7.53. The van der Waals surface area contributed by atoms with E-state index < -0.39 is 0 Å². The van der Waals surface area contributed by atoms with Gasteiger partial charge in [0.1, 0.15) is 5.82 Å². The second kappa shape index (κ2) is 7.52. The first-order valence-corrected chi connectivity index (χ1v) is 7.53. The van der Waals surface area contributed by atoms with Crippen molar-refractivity contribution in [1.82, 2.24) is 15.5 Å². The van der Waals surface area contributed by atoms with Crippen molar-refractivity contribution in [2.24, 2.45) is 0 Å². The van der Waals surface area contributed by atoms with E-state index in [2.05, 4.69) is 15.5 Å². The minimum atomic E-state index is -0.260. The molecule has 1 aliphatic heterocycles. The molecule has 4 nitrogen and oxygen atoms in total. The number of carbonyl (C=O) groups is 1. The highest BCUT2D eigenvalue weighted by Crippen LogP contribution is 2.13. The highest BCUT2D eigenvalue weighted by Gasteiger charge is 2.20. The van der Waals surface area contributed by atoms with Crippen molar-refractivity contribution in [2.45, 2.75) is 31.8 Å². The smallest absolute Gasteiger partial charge is 0.234 e. The molecule has 21 heavy (non-hydrogen) atoms. The van der Waals surface area contributed by atoms with E-state index in [1.165, 1.54) is 18.6 Å². The summed E-state index contributed by atoms with van der Waals surface area (Å²) in [6.45, 7) is 4.22. The van der Waals surface area contributed by atoms with Gasteiger partial charge in [-0.1, -0.05) is 12.1 Å². The fourth-order valence-corrected chi connectivity index (χ4v) is 2.76. The molecule has 2 N–H and O–H groups in total. The maximum Gasteiger partial charge on any atom is 0.234 e. The number of likely N-dealkylation sites (tertiary alicyclic amines) is 1. The molecular formula is C16H24FN3O. The number of amides is 1. The van der Waals surface area contributed by atoms with Crippen LogP contribution in [0.1, 0.15) is 31.4 Å². The molecule has 0 radical (unpaired) electrons. The Morgan fingerprint density at radius 1 is 1.43 bits per heavy atom. The number of benzene rings is 1. The third-order valence-corrected chi connectivity index (χ3v) is 4.03. The second-order valence-electron chi connectivity index (χ2n) is 5.70. The van der Waals surface area contributed by atoms with Gasteiger partial charge in [-0.15, -0.1) is 0 Å². The highest BCUT2D eigenvalue weighted by atomic mass is 19.1. The van der Waals surface area contributed by atoms with Crippen LogP contribution in [0.5, 0.6) is 0 Å². The first kappa shape index (κ1) is 15.9. The number of rotatable bonds is 5. The summed E-state index contributed by atoms with van der Waals surface area (Å²) < 4.78 is 12.9. The first-order chi connectivity index (χ1) is 10.1. The summed E-state index contributed by atoms with van der Waals surface area (Å²) in [6, 6.07) is 6.61. The quantitative estimate of drug-likeness (QED) is 0.868. The number of piperidine rings is 1. The third kappa shape index (κ3) is 4.79. The maximum absolute atomic E-state index is 12.9. The zero-order chi connectivity index (χ0) is 15.2. The molecule has 0 bridgehead atoms. The summed E-state index contributed by atoms with van der Waals surface area (Å²) in [5.41, 5.74) is 0.913. The Bertz CT molecular complexity index is 463. The number of nitrogens with zero attached hydrogens (tertiary/aromatic N) is 1. The van der Waals surface area contributed by atoms with Crippen LogP contribution >= 0.6 is 0 Å². The van der Waals surface area contributed by atoms with Gasteiger partial charge in [0.05, 0.1) is 12.6 Å². The topological polar surface area (TPSA) is 44.4 Å². The van der Waals surface area contributed by atoms with Gasteiger partial charge in [-0.25, -0.2) is 4.39 Å². The Morgan fingerprint density at radius 3 is 2.81 bits per heavy atom. The Kier molecular flexibility index (Phi) is 5.70. The average molecular weight is 293 g/mol. The molecule has 1 aromatic carbocycles. The lowest BCUT2D eigenvalue weighted by molar-refractivity contribution is -0.123. The number of likely N-dealkylation sites (N-methyl/N-ethyl adjacent to an activating group) is 1. The lowest BCUT2D eigenvalue weighted by atomic mass is 10.1. The van der Waals surface area contributed by atoms with Crippen molar-refractivity contribution in [3.8, 4) is 0 Å². The molecule has 5 heteroatoms. The van der Waals surface area contributed by atoms with Crippen LogP contribution in [0.4, 0.5) is 4.39 Å². The van der Waals surface area contributed by atoms with Crippen LogP contribution in [-0.4, -0.2) is 43.5 Å². The van der Waals surface area contributed by atoms with Gasteiger partial charge in [0, 0.05) is 12.6 Å². The van der Waals surface area contributed by atoms with Gasteiger partial charge in [-0.3, -0.25) is 9.69 Å². The zero-order valence-electron chi connectivity index (χ0n) is 12.7. The molecule has 1 aliphatic rings. The molecule has 1 heterocycles. The van der Waals surface area contributed by atoms with Crippen LogP contribution < -0.4 is 10.6 Å². The van der Waals surface area contributed by atoms with E-state index >= 15 is 0 Å². The van der Waals surface area contributed by atoms with Crippen LogP contribution in [0, 0.1) is 5.82 Å². The monoisotopic (exact) mass is 293 g/mol. The van der Waals surface area contributed by atoms with Crippen molar-refractivity contribution in [3.63, 3.8) is 0 Å². The van der Waals surface area contributed by atoms with E-state index in [1.807, 2.05) is 14.0 Å². The number of halogens is 1. The van der Waals surface area contributed by atoms with Gasteiger partial charge in [0.15, 0.2) is 0 Å². The molecule has 1 saturated heterocycles. The molecule has 0 aliphatic carbocycles. The van der Waals surface area contributed by atoms with Crippen molar-refractivity contribution >= 4 is 5.91 Å². The van der Waals surface area contributed by atoms with E-state index in [4.69, 9.17) is 0 Å². The van der Waals surface area contributed by atoms with Crippen molar-refractivity contribution < 1.29 is 9.18 Å². The summed E-state index contributed by atoms with van der Waals surface area (Å²) in [5, 5.41) is 6.24. The zero-order valence-corrected chi connectivity index (χ0v) is 12.7. The molecule has 0 saturated carbocycles. The molecule has 2 atom stereocenters. The summed E-state index contributed by atoms with van der Waals surface area (Å²) in [6.07, 6.45) is 2.28. The van der Waals surface area contributed by atoms with Crippen LogP contribution in [-0.2, 0) is 4.79 Å². The lowest BCUT2D eigenvalue weighted by Crippen LogP contribution is -2.48. The largest absolute Gasteiger partial charge is 0.348 e. The van der Waals surface area contributed by atoms with Gasteiger partial charge in [-0.05, 0) is 51.1 Å². The molecule has 2 rings (SSSR count). The molecule has 2 unspecified atom stereocenters. The third-order valence-electron chi connectivity index (χ3n) is 4.03. The van der Waals surface area contributed by atoms with Crippen molar-refractivity contribution in [1.29, 1.82) is 0 Å². The summed E-state index contributed by atoms with van der Waals surface area (Å²) >= 11 is 0. The molecular weight excluding hydrogens is 269 g/mol. The van der Waals surface area contributed by atoms with Crippen molar-refractivity contribution in [2.75, 3.05) is 26.7 Å². The Labute approximate surface area is 125 Å². The summed E-state index contributed by atoms with van der Waals surface area (Å²) in [5.74, 6) is -0.243. The van der Waals surface area contributed by atoms with Crippen LogP contribution in [0.25, 0.3) is 0 Å². The van der Waals surface area contributed by atoms with Gasteiger partial charge >= 0.3 is 0 Å². The predicted octanol–water partition coefficient (Wildman–Crippen LogP) is 1.69. The molecule has 0 spiro atoms. The highest BCUT2D eigenvalue weighted by molar-refractivity contribution is 5.78. The number of carbonyl (C=O) groups excluding carboxylic acids is 1. The van der Waals surface area contributed by atoms with Crippen LogP contribution in [0.15, 0.2) is 24.3 Å².